The van der Waals surface area contributed by atoms with E-state index in [1.807, 2.05) is 6.08 Å². The first-order chi connectivity index (χ1) is 5.70. The Balaban J connectivity index is 4.13. The predicted molar refractivity (Wildman–Crippen MR) is 56.7 cm³/mol. The van der Waals surface area contributed by atoms with Gasteiger partial charge >= 0.3 is 0 Å². The van der Waals surface area contributed by atoms with Crippen molar-refractivity contribution in [2.45, 2.75) is 20.3 Å². The van der Waals surface area contributed by atoms with Gasteiger partial charge in [-0.1, -0.05) is 30.4 Å². The largest absolute Gasteiger partial charge is 0.301 e. The predicted octanol–water partition coefficient (Wildman–Crippen LogP) is 3.16. The fraction of sp³-hybridized carbons (Fsp3) is 0.364. The van der Waals surface area contributed by atoms with E-state index in [2.05, 4.69) is 44.3 Å². The van der Waals surface area contributed by atoms with Gasteiger partial charge in [-0.25, -0.2) is 0 Å². The zero-order chi connectivity index (χ0) is 9.40. The van der Waals surface area contributed by atoms with Crippen LogP contribution in [0.5, 0.6) is 0 Å². The Hall–Kier alpha value is -1.11. The molecule has 0 heterocycles. The average Bonchev–Trinajstić information content (AvgIpc) is 2.05. The van der Waals surface area contributed by atoms with Crippen LogP contribution in [0.2, 0.25) is 0 Å². The quantitative estimate of drug-likeness (QED) is 0.436. The summed E-state index contributed by atoms with van der Waals surface area (Å²) in [5.41, 5.74) is 2.50. The van der Waals surface area contributed by atoms with Crippen molar-refractivity contribution < 1.29 is 0 Å². The number of hydrogen-bond donors (Lipinski definition) is 0. The van der Waals surface area contributed by atoms with Gasteiger partial charge in [0.2, 0.25) is 0 Å². The van der Waals surface area contributed by atoms with Crippen molar-refractivity contribution in [1.82, 2.24) is 0 Å². The second-order valence-electron chi connectivity index (χ2n) is 2.89. The van der Waals surface area contributed by atoms with Gasteiger partial charge in [-0.05, 0) is 32.6 Å². The monoisotopic (exact) mass is 163 g/mol. The first-order valence-electron chi connectivity index (χ1n) is 4.09. The Kier molecular flexibility index (Phi) is 5.98. The molecule has 0 spiro atoms. The number of rotatable bonds is 5. The lowest BCUT2D eigenvalue weighted by molar-refractivity contribution is 0.982. The summed E-state index contributed by atoms with van der Waals surface area (Å²) in [5.74, 6) is 0. The van der Waals surface area contributed by atoms with Crippen molar-refractivity contribution in [1.29, 1.82) is 0 Å². The summed E-state index contributed by atoms with van der Waals surface area (Å²) >= 11 is 0. The normalized spacial score (nSPS) is 10.7. The van der Waals surface area contributed by atoms with Crippen LogP contribution in [-0.4, -0.2) is 13.3 Å². The molecule has 0 bridgehead atoms. The minimum Gasteiger partial charge on any atom is -0.301 e. The van der Waals surface area contributed by atoms with Gasteiger partial charge in [-0.2, -0.15) is 0 Å². The van der Waals surface area contributed by atoms with E-state index < -0.39 is 0 Å². The Morgan fingerprint density at radius 2 is 2.00 bits per heavy atom. The van der Waals surface area contributed by atoms with Crippen LogP contribution in [0.3, 0.4) is 0 Å². The van der Waals surface area contributed by atoms with Crippen molar-refractivity contribution in [3.05, 3.63) is 36.0 Å². The molecule has 0 aliphatic rings. The summed E-state index contributed by atoms with van der Waals surface area (Å²) in [6.07, 6.45) is 6.95. The SMILES string of the molecule is C=C/C(=C\C=C(C)C)CCN=C. The topological polar surface area (TPSA) is 12.4 Å². The van der Waals surface area contributed by atoms with Crippen molar-refractivity contribution >= 4 is 6.72 Å². The maximum atomic E-state index is 3.79. The van der Waals surface area contributed by atoms with Crippen LogP contribution in [0.15, 0.2) is 40.9 Å². The van der Waals surface area contributed by atoms with Gasteiger partial charge in [-0.15, -0.1) is 0 Å². The maximum Gasteiger partial charge on any atom is 0.0422 e. The molecule has 0 N–H and O–H groups in total. The van der Waals surface area contributed by atoms with Crippen molar-refractivity contribution in [2.75, 3.05) is 6.54 Å². The van der Waals surface area contributed by atoms with Crippen LogP contribution in [-0.2, 0) is 0 Å². The van der Waals surface area contributed by atoms with Crippen molar-refractivity contribution in [3.63, 3.8) is 0 Å². The van der Waals surface area contributed by atoms with Gasteiger partial charge in [0.1, 0.15) is 0 Å². The van der Waals surface area contributed by atoms with E-state index in [1.165, 1.54) is 11.1 Å². The van der Waals surface area contributed by atoms with E-state index in [0.717, 1.165) is 13.0 Å². The minimum absolute atomic E-state index is 0.772. The third kappa shape index (κ3) is 5.66. The zero-order valence-electron chi connectivity index (χ0n) is 8.01. The second kappa shape index (κ2) is 6.59. The lowest BCUT2D eigenvalue weighted by Crippen LogP contribution is -1.82. The molecule has 1 heteroatoms. The molecule has 0 radical (unpaired) electrons. The Morgan fingerprint density at radius 1 is 1.33 bits per heavy atom. The molecule has 0 unspecified atom stereocenters. The number of allylic oxidation sites excluding steroid dienone is 4. The van der Waals surface area contributed by atoms with Gasteiger partial charge < -0.3 is 4.99 Å². The standard InChI is InChI=1S/C11H17N/c1-5-11(8-9-12-4)7-6-10(2)3/h5-7H,1,4,8-9H2,2-3H3/b11-7+. The molecular formula is C11H17N. The van der Waals surface area contributed by atoms with Crippen LogP contribution < -0.4 is 0 Å². The zero-order valence-corrected chi connectivity index (χ0v) is 8.01. The maximum absolute atomic E-state index is 3.79. The fourth-order valence-electron chi connectivity index (χ4n) is 0.735. The second-order valence-corrected chi connectivity index (χ2v) is 2.89. The highest BCUT2D eigenvalue weighted by Crippen LogP contribution is 2.04. The summed E-state index contributed by atoms with van der Waals surface area (Å²) in [6, 6.07) is 0. The summed E-state index contributed by atoms with van der Waals surface area (Å²) in [5, 5.41) is 0. The number of aliphatic imine (C=N–C) groups is 1. The molecule has 0 amide bonds. The molecule has 0 aromatic carbocycles. The summed E-state index contributed by atoms with van der Waals surface area (Å²) in [4.78, 5) is 3.79. The molecular weight excluding hydrogens is 146 g/mol. The molecule has 0 aromatic heterocycles. The van der Waals surface area contributed by atoms with Gasteiger partial charge in [0.25, 0.3) is 0 Å². The summed E-state index contributed by atoms with van der Waals surface area (Å²) < 4.78 is 0. The van der Waals surface area contributed by atoms with E-state index in [4.69, 9.17) is 0 Å². The third-order valence-corrected chi connectivity index (χ3v) is 1.45. The van der Waals surface area contributed by atoms with Crippen molar-refractivity contribution in [3.8, 4) is 0 Å². The molecule has 0 saturated carbocycles. The lowest BCUT2D eigenvalue weighted by atomic mass is 10.1. The molecule has 0 fully saturated rings. The van der Waals surface area contributed by atoms with Crippen LogP contribution in [0, 0.1) is 0 Å². The van der Waals surface area contributed by atoms with E-state index in [1.54, 1.807) is 0 Å². The highest BCUT2D eigenvalue weighted by atomic mass is 14.7. The molecule has 66 valence electrons. The Labute approximate surface area is 75.2 Å². The number of hydrogen-bond acceptors (Lipinski definition) is 1. The molecule has 0 atom stereocenters. The third-order valence-electron chi connectivity index (χ3n) is 1.45. The Bertz CT molecular complexity index is 205. The molecule has 12 heavy (non-hydrogen) atoms. The van der Waals surface area contributed by atoms with Crippen LogP contribution in [0.4, 0.5) is 0 Å². The lowest BCUT2D eigenvalue weighted by Gasteiger charge is -1.96. The van der Waals surface area contributed by atoms with Gasteiger partial charge in [0.05, 0.1) is 0 Å². The van der Waals surface area contributed by atoms with Crippen LogP contribution in [0.1, 0.15) is 20.3 Å². The van der Waals surface area contributed by atoms with E-state index in [0.29, 0.717) is 0 Å². The van der Waals surface area contributed by atoms with E-state index in [-0.39, 0.29) is 0 Å². The average molecular weight is 163 g/mol. The number of nitrogens with zero attached hydrogens (tertiary/aromatic N) is 1. The minimum atomic E-state index is 0.772. The van der Waals surface area contributed by atoms with Crippen LogP contribution >= 0.6 is 0 Å². The smallest absolute Gasteiger partial charge is 0.0422 e. The highest BCUT2D eigenvalue weighted by Gasteiger charge is 1.87. The highest BCUT2D eigenvalue weighted by molar-refractivity contribution is 5.26. The first-order valence-corrected chi connectivity index (χ1v) is 4.09. The van der Waals surface area contributed by atoms with Gasteiger partial charge in [0.15, 0.2) is 0 Å². The summed E-state index contributed by atoms with van der Waals surface area (Å²) in [7, 11) is 0. The van der Waals surface area contributed by atoms with Gasteiger partial charge in [-0.3, -0.25) is 0 Å². The molecule has 0 aliphatic heterocycles. The van der Waals surface area contributed by atoms with Crippen LogP contribution in [0.25, 0.3) is 0 Å². The molecule has 0 aromatic rings. The fourth-order valence-corrected chi connectivity index (χ4v) is 0.735. The van der Waals surface area contributed by atoms with E-state index >= 15 is 0 Å². The Morgan fingerprint density at radius 3 is 2.42 bits per heavy atom. The first kappa shape index (κ1) is 10.9. The van der Waals surface area contributed by atoms with Gasteiger partial charge in [0, 0.05) is 6.54 Å². The molecule has 0 rings (SSSR count). The molecule has 0 saturated heterocycles. The molecule has 0 aliphatic carbocycles. The summed E-state index contributed by atoms with van der Waals surface area (Å²) in [6.45, 7) is 12.1. The van der Waals surface area contributed by atoms with Crippen molar-refractivity contribution in [2.24, 2.45) is 4.99 Å². The molecule has 1 nitrogen and oxygen atoms in total. The van der Waals surface area contributed by atoms with E-state index in [9.17, 15) is 0 Å².